The zero-order valence-electron chi connectivity index (χ0n) is 7.51. The van der Waals surface area contributed by atoms with Gasteiger partial charge in [0.1, 0.15) is 0 Å². The lowest BCUT2D eigenvalue weighted by Gasteiger charge is -2.04. The average Bonchev–Trinajstić information content (AvgIpc) is 2.90. The predicted molar refractivity (Wildman–Crippen MR) is 46.9 cm³/mol. The van der Waals surface area contributed by atoms with Crippen molar-refractivity contribution >= 4 is 11.8 Å². The molecule has 2 aliphatic rings. The van der Waals surface area contributed by atoms with Crippen molar-refractivity contribution < 1.29 is 9.59 Å². The van der Waals surface area contributed by atoms with Crippen LogP contribution in [0.1, 0.15) is 25.7 Å². The summed E-state index contributed by atoms with van der Waals surface area (Å²) >= 11 is 0. The van der Waals surface area contributed by atoms with Crippen molar-refractivity contribution in [1.82, 2.24) is 10.6 Å². The topological polar surface area (TPSA) is 58.2 Å². The Morgan fingerprint density at radius 3 is 2.38 bits per heavy atom. The summed E-state index contributed by atoms with van der Waals surface area (Å²) in [6.07, 6.45) is 4.14. The van der Waals surface area contributed by atoms with Gasteiger partial charge in [0.25, 0.3) is 0 Å². The number of hydrogen-bond acceptors (Lipinski definition) is 2. The van der Waals surface area contributed by atoms with Crippen molar-refractivity contribution in [3.63, 3.8) is 0 Å². The molecule has 0 bridgehead atoms. The third kappa shape index (κ3) is 2.72. The van der Waals surface area contributed by atoms with Gasteiger partial charge in [-0.05, 0) is 25.7 Å². The van der Waals surface area contributed by atoms with Crippen LogP contribution in [0.5, 0.6) is 0 Å². The molecule has 2 rings (SSSR count). The first-order valence-electron chi connectivity index (χ1n) is 4.83. The number of carbonyl (C=O) groups excluding carboxylic acids is 2. The van der Waals surface area contributed by atoms with Gasteiger partial charge in [-0.1, -0.05) is 0 Å². The van der Waals surface area contributed by atoms with E-state index in [0.717, 1.165) is 25.7 Å². The highest BCUT2D eigenvalue weighted by Gasteiger charge is 2.30. The Kier molecular flexibility index (Phi) is 2.20. The number of nitrogens with one attached hydrogen (secondary N) is 2. The molecule has 2 aliphatic carbocycles. The summed E-state index contributed by atoms with van der Waals surface area (Å²) in [5.41, 5.74) is 0. The fourth-order valence-electron chi connectivity index (χ4n) is 1.16. The molecule has 72 valence electrons. The predicted octanol–water partition coefficient (Wildman–Crippen LogP) is -0.209. The van der Waals surface area contributed by atoms with Gasteiger partial charge >= 0.3 is 0 Å². The molecule has 0 atom stereocenters. The molecule has 4 nitrogen and oxygen atoms in total. The first-order chi connectivity index (χ1) is 6.25. The van der Waals surface area contributed by atoms with E-state index in [1.165, 1.54) is 0 Å². The third-order valence-electron chi connectivity index (χ3n) is 2.31. The molecular formula is C9H14N2O2. The maximum absolute atomic E-state index is 11.1. The molecule has 0 aliphatic heterocycles. The second-order valence-electron chi connectivity index (χ2n) is 3.83. The molecule has 0 radical (unpaired) electrons. The molecule has 4 heteroatoms. The minimum absolute atomic E-state index is 0.0333. The van der Waals surface area contributed by atoms with Gasteiger partial charge in [0.15, 0.2) is 0 Å². The van der Waals surface area contributed by atoms with Gasteiger partial charge in [0, 0.05) is 12.0 Å². The number of rotatable bonds is 4. The smallest absolute Gasteiger partial charge is 0.239 e. The maximum atomic E-state index is 11.1. The van der Waals surface area contributed by atoms with Gasteiger partial charge in [0.05, 0.1) is 6.54 Å². The molecule has 2 N–H and O–H groups in total. The lowest BCUT2D eigenvalue weighted by molar-refractivity contribution is -0.126. The van der Waals surface area contributed by atoms with Gasteiger partial charge in [-0.3, -0.25) is 9.59 Å². The van der Waals surface area contributed by atoms with E-state index in [4.69, 9.17) is 0 Å². The number of hydrogen-bond donors (Lipinski definition) is 2. The quantitative estimate of drug-likeness (QED) is 0.632. The summed E-state index contributed by atoms with van der Waals surface area (Å²) in [7, 11) is 0. The van der Waals surface area contributed by atoms with E-state index < -0.39 is 0 Å². The van der Waals surface area contributed by atoms with Crippen LogP contribution in [-0.4, -0.2) is 24.4 Å². The number of carbonyl (C=O) groups is 2. The molecule has 13 heavy (non-hydrogen) atoms. The Hall–Kier alpha value is -1.06. The standard InChI is InChI=1S/C9H14N2O2/c12-8(11-7-3-4-7)5-10-9(13)6-1-2-6/h6-7H,1-5H2,(H,10,13)(H,11,12). The lowest BCUT2D eigenvalue weighted by atomic mass is 10.4. The van der Waals surface area contributed by atoms with E-state index in [9.17, 15) is 9.59 Å². The summed E-state index contributed by atoms with van der Waals surface area (Å²) in [6.45, 7) is 0.145. The van der Waals surface area contributed by atoms with E-state index in [1.807, 2.05) is 0 Å². The molecule has 2 saturated carbocycles. The molecule has 0 aromatic rings. The largest absolute Gasteiger partial charge is 0.352 e. The molecule has 0 unspecified atom stereocenters. The van der Waals surface area contributed by atoms with Crippen molar-refractivity contribution in [2.45, 2.75) is 31.7 Å². The van der Waals surface area contributed by atoms with Crippen LogP contribution in [0.2, 0.25) is 0 Å². The monoisotopic (exact) mass is 182 g/mol. The van der Waals surface area contributed by atoms with Crippen LogP contribution in [0.3, 0.4) is 0 Å². The summed E-state index contributed by atoms with van der Waals surface area (Å²) in [5.74, 6) is 0.163. The Morgan fingerprint density at radius 1 is 1.15 bits per heavy atom. The van der Waals surface area contributed by atoms with Crippen LogP contribution < -0.4 is 10.6 Å². The van der Waals surface area contributed by atoms with Gasteiger partial charge in [0.2, 0.25) is 11.8 Å². The Balaban J connectivity index is 1.59. The Bertz CT molecular complexity index is 232. The molecule has 0 heterocycles. The van der Waals surface area contributed by atoms with Gasteiger partial charge in [-0.2, -0.15) is 0 Å². The summed E-state index contributed by atoms with van der Waals surface area (Å²) in [6, 6.07) is 0.380. The van der Waals surface area contributed by atoms with Crippen LogP contribution in [0.4, 0.5) is 0 Å². The van der Waals surface area contributed by atoms with Crippen LogP contribution in [-0.2, 0) is 9.59 Å². The van der Waals surface area contributed by atoms with E-state index in [0.29, 0.717) is 6.04 Å². The maximum Gasteiger partial charge on any atom is 0.239 e. The average molecular weight is 182 g/mol. The molecule has 0 aromatic heterocycles. The lowest BCUT2D eigenvalue weighted by Crippen LogP contribution is -2.38. The fraction of sp³-hybridized carbons (Fsp3) is 0.778. The van der Waals surface area contributed by atoms with Crippen molar-refractivity contribution in [3.05, 3.63) is 0 Å². The van der Waals surface area contributed by atoms with Gasteiger partial charge in [-0.25, -0.2) is 0 Å². The first-order valence-corrected chi connectivity index (χ1v) is 4.83. The van der Waals surface area contributed by atoms with Crippen LogP contribution in [0.15, 0.2) is 0 Å². The van der Waals surface area contributed by atoms with Crippen molar-refractivity contribution in [2.75, 3.05) is 6.54 Å². The van der Waals surface area contributed by atoms with Crippen LogP contribution in [0, 0.1) is 5.92 Å². The molecule has 2 fully saturated rings. The van der Waals surface area contributed by atoms with Gasteiger partial charge < -0.3 is 10.6 Å². The van der Waals surface area contributed by atoms with Crippen molar-refractivity contribution in [2.24, 2.45) is 5.92 Å². The number of amides is 2. The zero-order valence-corrected chi connectivity index (χ0v) is 7.51. The van der Waals surface area contributed by atoms with Gasteiger partial charge in [-0.15, -0.1) is 0 Å². The van der Waals surface area contributed by atoms with Crippen LogP contribution in [0.25, 0.3) is 0 Å². The highest BCUT2D eigenvalue weighted by atomic mass is 16.2. The fourth-order valence-corrected chi connectivity index (χ4v) is 1.16. The zero-order chi connectivity index (χ0) is 9.26. The molecule has 0 spiro atoms. The summed E-state index contributed by atoms with van der Waals surface area (Å²) < 4.78 is 0. The van der Waals surface area contributed by atoms with Crippen molar-refractivity contribution in [1.29, 1.82) is 0 Å². The Morgan fingerprint density at radius 2 is 1.85 bits per heavy atom. The third-order valence-corrected chi connectivity index (χ3v) is 2.31. The Labute approximate surface area is 77.1 Å². The highest BCUT2D eigenvalue weighted by Crippen LogP contribution is 2.28. The normalized spacial score (nSPS) is 20.9. The minimum atomic E-state index is -0.0588. The SMILES string of the molecule is O=C(CNC(=O)C1CC1)NC1CC1. The molecule has 0 saturated heterocycles. The second kappa shape index (κ2) is 3.36. The highest BCUT2D eigenvalue weighted by molar-refractivity contribution is 5.87. The summed E-state index contributed by atoms with van der Waals surface area (Å²) in [5, 5.41) is 5.44. The van der Waals surface area contributed by atoms with E-state index in [2.05, 4.69) is 10.6 Å². The molecule has 2 amide bonds. The molecule has 0 aromatic carbocycles. The van der Waals surface area contributed by atoms with E-state index in [-0.39, 0.29) is 24.3 Å². The second-order valence-corrected chi connectivity index (χ2v) is 3.83. The minimum Gasteiger partial charge on any atom is -0.352 e. The van der Waals surface area contributed by atoms with E-state index >= 15 is 0 Å². The first kappa shape index (κ1) is 8.53. The summed E-state index contributed by atoms with van der Waals surface area (Å²) in [4.78, 5) is 22.2. The van der Waals surface area contributed by atoms with E-state index in [1.54, 1.807) is 0 Å². The van der Waals surface area contributed by atoms with Crippen LogP contribution >= 0.6 is 0 Å². The molecular weight excluding hydrogens is 168 g/mol. The van der Waals surface area contributed by atoms with Crippen molar-refractivity contribution in [3.8, 4) is 0 Å².